The van der Waals surface area contributed by atoms with Crippen LogP contribution in [0.2, 0.25) is 0 Å². The predicted molar refractivity (Wildman–Crippen MR) is 56.1 cm³/mol. The molecule has 0 aromatic carbocycles. The maximum absolute atomic E-state index is 10.2. The first-order valence-electron chi connectivity index (χ1n) is 4.75. The van der Waals surface area contributed by atoms with Gasteiger partial charge in [-0.25, -0.2) is 0 Å². The predicted octanol–water partition coefficient (Wildman–Crippen LogP) is 1.14. The monoisotopic (exact) mass is 184 g/mol. The van der Waals surface area contributed by atoms with Crippen LogP contribution in [0.1, 0.15) is 26.7 Å². The zero-order valence-electron chi connectivity index (χ0n) is 8.79. The van der Waals surface area contributed by atoms with E-state index in [1.54, 1.807) is 12.2 Å². The highest BCUT2D eigenvalue weighted by molar-refractivity contribution is 4.97. The Labute approximate surface area is 81.1 Å². The van der Waals surface area contributed by atoms with Gasteiger partial charge in [0, 0.05) is 5.92 Å². The van der Waals surface area contributed by atoms with E-state index in [-0.39, 0.29) is 6.04 Å². The van der Waals surface area contributed by atoms with Gasteiger partial charge in [0.25, 0.3) is 0 Å². The van der Waals surface area contributed by atoms with Crippen LogP contribution in [0.3, 0.4) is 0 Å². The minimum Gasteiger partial charge on any atom is -0.383 e. The van der Waals surface area contributed by atoms with Crippen molar-refractivity contribution in [2.75, 3.05) is 0 Å². The van der Waals surface area contributed by atoms with E-state index in [0.29, 0.717) is 18.8 Å². The van der Waals surface area contributed by atoms with Crippen molar-refractivity contribution in [1.82, 2.24) is 0 Å². The molecule has 0 aliphatic heterocycles. The van der Waals surface area contributed by atoms with Gasteiger partial charge >= 0.3 is 0 Å². The molecule has 0 saturated heterocycles. The first kappa shape index (κ1) is 12.4. The van der Waals surface area contributed by atoms with Gasteiger partial charge in [-0.15, -0.1) is 13.2 Å². The zero-order chi connectivity index (χ0) is 10.5. The van der Waals surface area contributed by atoms with Gasteiger partial charge in [-0.05, 0) is 12.8 Å². The van der Waals surface area contributed by atoms with Crippen LogP contribution in [0.15, 0.2) is 25.3 Å². The number of quaternary nitrogens is 1. The van der Waals surface area contributed by atoms with Crippen molar-refractivity contribution in [2.45, 2.75) is 38.3 Å². The maximum Gasteiger partial charge on any atom is 0.123 e. The normalized spacial score (nSPS) is 14.2. The van der Waals surface area contributed by atoms with Crippen LogP contribution in [0.5, 0.6) is 0 Å². The average molecular weight is 184 g/mol. The maximum atomic E-state index is 10.2. The van der Waals surface area contributed by atoms with Crippen molar-refractivity contribution in [2.24, 2.45) is 5.92 Å². The van der Waals surface area contributed by atoms with Crippen LogP contribution in [0, 0.1) is 5.92 Å². The van der Waals surface area contributed by atoms with Crippen molar-refractivity contribution >= 4 is 0 Å². The fourth-order valence-electron chi connectivity index (χ4n) is 1.51. The summed E-state index contributed by atoms with van der Waals surface area (Å²) in [5, 5.41) is 10.2. The molecule has 1 atom stereocenters. The van der Waals surface area contributed by atoms with Crippen molar-refractivity contribution in [1.29, 1.82) is 0 Å². The molecule has 0 spiro atoms. The molecule has 2 heteroatoms. The van der Waals surface area contributed by atoms with Gasteiger partial charge < -0.3 is 10.8 Å². The van der Waals surface area contributed by atoms with Crippen molar-refractivity contribution in [3.8, 4) is 0 Å². The quantitative estimate of drug-likeness (QED) is 0.597. The molecule has 0 unspecified atom stereocenters. The number of hydrogen-bond acceptors (Lipinski definition) is 1. The summed E-state index contributed by atoms with van der Waals surface area (Å²) in [6.07, 6.45) is 4.63. The molecule has 2 nitrogen and oxygen atoms in total. The van der Waals surface area contributed by atoms with Crippen LogP contribution in [-0.4, -0.2) is 16.7 Å². The lowest BCUT2D eigenvalue weighted by Gasteiger charge is -2.31. The summed E-state index contributed by atoms with van der Waals surface area (Å²) in [7, 11) is 0. The van der Waals surface area contributed by atoms with E-state index in [1.165, 1.54) is 0 Å². The van der Waals surface area contributed by atoms with Crippen LogP contribution in [-0.2, 0) is 0 Å². The van der Waals surface area contributed by atoms with E-state index in [9.17, 15) is 5.11 Å². The fraction of sp³-hybridized carbons (Fsp3) is 0.636. The lowest BCUT2D eigenvalue weighted by Crippen LogP contribution is -2.73. The minimum atomic E-state index is -0.766. The molecule has 0 amide bonds. The lowest BCUT2D eigenvalue weighted by molar-refractivity contribution is -0.464. The standard InChI is InChI=1S/C11H21NO/c1-5-7-11(13,8-6-2)10(12)9(3)4/h5-6,9-10,13H,1-2,7-8,12H2,3-4H3/p+1/t10-/m1/s1. The van der Waals surface area contributed by atoms with E-state index in [2.05, 4.69) is 32.7 Å². The highest BCUT2D eigenvalue weighted by Crippen LogP contribution is 2.23. The highest BCUT2D eigenvalue weighted by Gasteiger charge is 2.36. The van der Waals surface area contributed by atoms with Crippen molar-refractivity contribution < 1.29 is 10.8 Å². The lowest BCUT2D eigenvalue weighted by atomic mass is 9.82. The average Bonchev–Trinajstić information content (AvgIpc) is 2.03. The van der Waals surface area contributed by atoms with Gasteiger partial charge in [-0.1, -0.05) is 26.0 Å². The third kappa shape index (κ3) is 3.33. The molecule has 0 aliphatic carbocycles. The second-order valence-electron chi connectivity index (χ2n) is 3.94. The van der Waals surface area contributed by atoms with E-state index >= 15 is 0 Å². The molecule has 76 valence electrons. The van der Waals surface area contributed by atoms with E-state index in [1.807, 2.05) is 0 Å². The Morgan fingerprint density at radius 3 is 1.92 bits per heavy atom. The van der Waals surface area contributed by atoms with Gasteiger partial charge in [-0.3, -0.25) is 0 Å². The van der Waals surface area contributed by atoms with Gasteiger partial charge in [0.15, 0.2) is 0 Å². The molecule has 0 fully saturated rings. The molecular formula is C11H22NO+. The molecule has 0 aromatic rings. The third-order valence-electron chi connectivity index (χ3n) is 2.49. The topological polar surface area (TPSA) is 47.9 Å². The molecule has 0 heterocycles. The Morgan fingerprint density at radius 2 is 1.69 bits per heavy atom. The van der Waals surface area contributed by atoms with Crippen molar-refractivity contribution in [3.05, 3.63) is 25.3 Å². The SMILES string of the molecule is C=CCC(O)(CC=C)[C@H]([NH3+])C(C)C. The van der Waals surface area contributed by atoms with Crippen molar-refractivity contribution in [3.63, 3.8) is 0 Å². The molecule has 0 radical (unpaired) electrons. The minimum absolute atomic E-state index is 0.0171. The Kier molecular flexibility index (Phi) is 4.96. The van der Waals surface area contributed by atoms with Gasteiger partial charge in [-0.2, -0.15) is 0 Å². The Morgan fingerprint density at radius 1 is 1.31 bits per heavy atom. The summed E-state index contributed by atoms with van der Waals surface area (Å²) in [6.45, 7) is 11.4. The molecule has 0 bridgehead atoms. The van der Waals surface area contributed by atoms with Gasteiger partial charge in [0.05, 0.1) is 0 Å². The first-order valence-corrected chi connectivity index (χ1v) is 4.75. The van der Waals surface area contributed by atoms with E-state index in [0.717, 1.165) is 0 Å². The largest absolute Gasteiger partial charge is 0.383 e. The zero-order valence-corrected chi connectivity index (χ0v) is 8.79. The molecule has 0 aromatic heterocycles. The summed E-state index contributed by atoms with van der Waals surface area (Å²) >= 11 is 0. The molecular weight excluding hydrogens is 162 g/mol. The summed E-state index contributed by atoms with van der Waals surface area (Å²) in [6, 6.07) is 0.0171. The third-order valence-corrected chi connectivity index (χ3v) is 2.49. The number of aliphatic hydroxyl groups is 1. The molecule has 0 aliphatic rings. The molecule has 0 saturated carbocycles. The Bertz CT molecular complexity index is 165. The Hall–Kier alpha value is -0.600. The van der Waals surface area contributed by atoms with E-state index in [4.69, 9.17) is 0 Å². The molecule has 0 rings (SSSR count). The smallest absolute Gasteiger partial charge is 0.123 e. The van der Waals surface area contributed by atoms with Crippen LogP contribution < -0.4 is 5.73 Å². The summed E-state index contributed by atoms with van der Waals surface area (Å²) in [5.41, 5.74) is 3.24. The second-order valence-corrected chi connectivity index (χ2v) is 3.94. The fourth-order valence-corrected chi connectivity index (χ4v) is 1.51. The number of hydrogen-bond donors (Lipinski definition) is 2. The Balaban J connectivity index is 4.54. The van der Waals surface area contributed by atoms with Crippen LogP contribution >= 0.6 is 0 Å². The van der Waals surface area contributed by atoms with Gasteiger partial charge in [0.1, 0.15) is 11.6 Å². The van der Waals surface area contributed by atoms with Gasteiger partial charge in [0.2, 0.25) is 0 Å². The molecule has 4 N–H and O–H groups in total. The second kappa shape index (κ2) is 5.20. The highest BCUT2D eigenvalue weighted by atomic mass is 16.3. The van der Waals surface area contributed by atoms with E-state index < -0.39 is 5.60 Å². The van der Waals surface area contributed by atoms with Crippen LogP contribution in [0.4, 0.5) is 0 Å². The molecule has 13 heavy (non-hydrogen) atoms. The number of rotatable bonds is 6. The summed E-state index contributed by atoms with van der Waals surface area (Å²) in [4.78, 5) is 0. The first-order chi connectivity index (χ1) is 5.98. The summed E-state index contributed by atoms with van der Waals surface area (Å²) in [5.74, 6) is 0.366. The summed E-state index contributed by atoms with van der Waals surface area (Å²) < 4.78 is 0. The van der Waals surface area contributed by atoms with Crippen LogP contribution in [0.25, 0.3) is 0 Å².